The van der Waals surface area contributed by atoms with Crippen LogP contribution in [0.1, 0.15) is 51.4 Å². The van der Waals surface area contributed by atoms with E-state index in [1.54, 1.807) is 11.9 Å². The molecule has 2 rings (SSSR count). The summed E-state index contributed by atoms with van der Waals surface area (Å²) in [5.41, 5.74) is -0.467. The van der Waals surface area contributed by atoms with E-state index in [4.69, 9.17) is 0 Å². The molecular weight excluding hydrogens is 244 g/mol. The molecule has 1 heterocycles. The lowest BCUT2D eigenvalue weighted by Gasteiger charge is -2.44. The van der Waals surface area contributed by atoms with Gasteiger partial charge in [0, 0.05) is 7.05 Å². The van der Waals surface area contributed by atoms with E-state index in [0.29, 0.717) is 0 Å². The lowest BCUT2D eigenvalue weighted by molar-refractivity contribution is -0.146. The zero-order valence-corrected chi connectivity index (χ0v) is 11.7. The predicted octanol–water partition coefficient (Wildman–Crippen LogP) is 1.37. The van der Waals surface area contributed by atoms with Crippen molar-refractivity contribution >= 4 is 11.9 Å². The number of hydrogen-bond acceptors (Lipinski definition) is 3. The van der Waals surface area contributed by atoms with Crippen molar-refractivity contribution in [1.29, 1.82) is 0 Å². The predicted molar refractivity (Wildman–Crippen MR) is 71.9 cm³/mol. The van der Waals surface area contributed by atoms with Crippen molar-refractivity contribution in [2.24, 2.45) is 0 Å². The first-order valence-electron chi connectivity index (χ1n) is 7.28. The molecule has 108 valence electrons. The van der Waals surface area contributed by atoms with Gasteiger partial charge < -0.3 is 15.3 Å². The molecule has 0 aromatic heterocycles. The average Bonchev–Trinajstić information content (AvgIpc) is 2.91. The van der Waals surface area contributed by atoms with Crippen LogP contribution in [0, 0.1) is 0 Å². The van der Waals surface area contributed by atoms with Gasteiger partial charge in [-0.05, 0) is 32.2 Å². The van der Waals surface area contributed by atoms with Crippen LogP contribution in [0.4, 0.5) is 0 Å². The number of nitrogens with zero attached hydrogens (tertiary/aromatic N) is 1. The van der Waals surface area contributed by atoms with Crippen molar-refractivity contribution in [2.45, 2.75) is 62.9 Å². The second-order valence-electron chi connectivity index (χ2n) is 5.90. The maximum Gasteiger partial charge on any atom is 0.305 e. The molecule has 5 nitrogen and oxygen atoms in total. The standard InChI is InChI=1S/C14H24N2O3/c1-16(13(19)11-6-5-9-15-11)14(10-12(17)18)7-3-2-4-8-14/h11,15H,2-10H2,1H3,(H,17,18)/t11-/m0/s1. The van der Waals surface area contributed by atoms with Crippen LogP contribution >= 0.6 is 0 Å². The number of hydrogen-bond donors (Lipinski definition) is 2. The quantitative estimate of drug-likeness (QED) is 0.808. The molecular formula is C14H24N2O3. The van der Waals surface area contributed by atoms with Crippen molar-refractivity contribution in [1.82, 2.24) is 10.2 Å². The Morgan fingerprint density at radius 1 is 1.26 bits per heavy atom. The molecule has 2 N–H and O–H groups in total. The van der Waals surface area contributed by atoms with Crippen LogP contribution in [-0.4, -0.2) is 47.1 Å². The Hall–Kier alpha value is -1.10. The van der Waals surface area contributed by atoms with Crippen molar-refractivity contribution in [3.8, 4) is 0 Å². The Kier molecular flexibility index (Phi) is 4.45. The number of likely N-dealkylation sites (N-methyl/N-ethyl adjacent to an activating group) is 1. The summed E-state index contributed by atoms with van der Waals surface area (Å²) >= 11 is 0. The number of carbonyl (C=O) groups excluding carboxylic acids is 1. The van der Waals surface area contributed by atoms with Crippen molar-refractivity contribution in [3.05, 3.63) is 0 Å². The first-order valence-corrected chi connectivity index (χ1v) is 7.28. The second kappa shape index (κ2) is 5.90. The number of aliphatic carboxylic acids is 1. The Balaban J connectivity index is 2.11. The fourth-order valence-electron chi connectivity index (χ4n) is 3.48. The van der Waals surface area contributed by atoms with Gasteiger partial charge in [0.05, 0.1) is 18.0 Å². The van der Waals surface area contributed by atoms with E-state index in [1.807, 2.05) is 0 Å². The van der Waals surface area contributed by atoms with Crippen LogP contribution < -0.4 is 5.32 Å². The molecule has 0 spiro atoms. The summed E-state index contributed by atoms with van der Waals surface area (Å²) in [7, 11) is 1.79. The van der Waals surface area contributed by atoms with E-state index in [1.165, 1.54) is 0 Å². The molecule has 5 heteroatoms. The lowest BCUT2D eigenvalue weighted by atomic mass is 9.77. The smallest absolute Gasteiger partial charge is 0.305 e. The second-order valence-corrected chi connectivity index (χ2v) is 5.90. The van der Waals surface area contributed by atoms with Crippen molar-refractivity contribution in [2.75, 3.05) is 13.6 Å². The van der Waals surface area contributed by atoms with Crippen LogP contribution in [0.15, 0.2) is 0 Å². The molecule has 1 aliphatic heterocycles. The van der Waals surface area contributed by atoms with E-state index in [-0.39, 0.29) is 18.4 Å². The largest absolute Gasteiger partial charge is 0.481 e. The molecule has 1 saturated carbocycles. The van der Waals surface area contributed by atoms with Gasteiger partial charge in [-0.3, -0.25) is 9.59 Å². The highest BCUT2D eigenvalue weighted by molar-refractivity contribution is 5.83. The fourth-order valence-corrected chi connectivity index (χ4v) is 3.48. The van der Waals surface area contributed by atoms with E-state index in [2.05, 4.69) is 5.32 Å². The first kappa shape index (κ1) is 14.3. The summed E-state index contributed by atoms with van der Waals surface area (Å²) in [5.74, 6) is -0.735. The van der Waals surface area contributed by atoms with E-state index < -0.39 is 11.5 Å². The summed E-state index contributed by atoms with van der Waals surface area (Å²) in [5, 5.41) is 12.4. The number of carboxylic acid groups (broad SMARTS) is 1. The van der Waals surface area contributed by atoms with Gasteiger partial charge >= 0.3 is 5.97 Å². The van der Waals surface area contributed by atoms with Gasteiger partial charge in [-0.15, -0.1) is 0 Å². The summed E-state index contributed by atoms with van der Waals surface area (Å²) in [6.07, 6.45) is 6.77. The van der Waals surface area contributed by atoms with Crippen LogP contribution in [-0.2, 0) is 9.59 Å². The number of amides is 1. The molecule has 0 unspecified atom stereocenters. The van der Waals surface area contributed by atoms with Gasteiger partial charge in [0.25, 0.3) is 0 Å². The number of carbonyl (C=O) groups is 2. The van der Waals surface area contributed by atoms with Gasteiger partial charge in [0.1, 0.15) is 0 Å². The van der Waals surface area contributed by atoms with Crippen LogP contribution in [0.25, 0.3) is 0 Å². The summed E-state index contributed by atoms with van der Waals surface area (Å²) in [6.45, 7) is 0.885. The third-order valence-corrected chi connectivity index (χ3v) is 4.67. The molecule has 19 heavy (non-hydrogen) atoms. The summed E-state index contributed by atoms with van der Waals surface area (Å²) in [6, 6.07) is -0.113. The maximum atomic E-state index is 12.5. The van der Waals surface area contributed by atoms with E-state index in [9.17, 15) is 14.7 Å². The highest BCUT2D eigenvalue weighted by Crippen LogP contribution is 2.36. The minimum atomic E-state index is -0.805. The number of carboxylic acids is 1. The molecule has 0 bridgehead atoms. The van der Waals surface area contributed by atoms with E-state index >= 15 is 0 Å². The molecule has 2 fully saturated rings. The minimum absolute atomic E-state index is 0.0700. The third kappa shape index (κ3) is 3.08. The van der Waals surface area contributed by atoms with Crippen LogP contribution in [0.2, 0.25) is 0 Å². The average molecular weight is 268 g/mol. The summed E-state index contributed by atoms with van der Waals surface area (Å²) in [4.78, 5) is 25.4. The SMILES string of the molecule is CN(C(=O)[C@@H]1CCCN1)C1(CC(=O)O)CCCCC1. The van der Waals surface area contributed by atoms with Crippen LogP contribution in [0.3, 0.4) is 0 Å². The van der Waals surface area contributed by atoms with Gasteiger partial charge in [0.2, 0.25) is 5.91 Å². The topological polar surface area (TPSA) is 69.6 Å². The maximum absolute atomic E-state index is 12.5. The highest BCUT2D eigenvalue weighted by atomic mass is 16.4. The Morgan fingerprint density at radius 3 is 2.47 bits per heavy atom. The van der Waals surface area contributed by atoms with Gasteiger partial charge in [-0.1, -0.05) is 19.3 Å². The minimum Gasteiger partial charge on any atom is -0.481 e. The first-order chi connectivity index (χ1) is 9.05. The zero-order chi connectivity index (χ0) is 13.9. The zero-order valence-electron chi connectivity index (χ0n) is 11.7. The van der Waals surface area contributed by atoms with E-state index in [0.717, 1.165) is 51.5 Å². The monoisotopic (exact) mass is 268 g/mol. The van der Waals surface area contributed by atoms with Gasteiger partial charge in [0.15, 0.2) is 0 Å². The summed E-state index contributed by atoms with van der Waals surface area (Å²) < 4.78 is 0. The molecule has 1 aliphatic carbocycles. The third-order valence-electron chi connectivity index (χ3n) is 4.67. The molecule has 1 saturated heterocycles. The Bertz CT molecular complexity index is 345. The Labute approximate surface area is 114 Å². The highest BCUT2D eigenvalue weighted by Gasteiger charge is 2.42. The lowest BCUT2D eigenvalue weighted by Crippen LogP contribution is -2.56. The normalized spacial score (nSPS) is 26.1. The van der Waals surface area contributed by atoms with Crippen molar-refractivity contribution in [3.63, 3.8) is 0 Å². The fraction of sp³-hybridized carbons (Fsp3) is 0.857. The molecule has 1 amide bonds. The molecule has 2 aliphatic rings. The number of rotatable bonds is 4. The Morgan fingerprint density at radius 2 is 1.95 bits per heavy atom. The van der Waals surface area contributed by atoms with Crippen molar-refractivity contribution < 1.29 is 14.7 Å². The molecule has 0 aromatic rings. The number of nitrogens with one attached hydrogen (secondary N) is 1. The van der Waals surface area contributed by atoms with Crippen LogP contribution in [0.5, 0.6) is 0 Å². The molecule has 0 radical (unpaired) electrons. The van der Waals surface area contributed by atoms with Gasteiger partial charge in [-0.2, -0.15) is 0 Å². The van der Waals surface area contributed by atoms with Gasteiger partial charge in [-0.25, -0.2) is 0 Å². The molecule has 0 aromatic carbocycles. The molecule has 1 atom stereocenters.